The van der Waals surface area contributed by atoms with Gasteiger partial charge in [0.2, 0.25) is 0 Å². The summed E-state index contributed by atoms with van der Waals surface area (Å²) >= 11 is 6.10. The van der Waals surface area contributed by atoms with Crippen LogP contribution in [-0.4, -0.2) is 19.7 Å². The van der Waals surface area contributed by atoms with Crippen LogP contribution >= 0.6 is 11.6 Å². The van der Waals surface area contributed by atoms with Gasteiger partial charge < -0.3 is 4.98 Å². The molecular weight excluding hydrogens is 236 g/mol. The highest BCUT2D eigenvalue weighted by atomic mass is 35.5. The van der Waals surface area contributed by atoms with Gasteiger partial charge in [-0.2, -0.15) is 5.10 Å². The molecule has 0 spiro atoms. The lowest BCUT2D eigenvalue weighted by Crippen LogP contribution is -1.86. The average Bonchev–Trinajstić information content (AvgIpc) is 2.82. The molecule has 2 aromatic heterocycles. The Labute approximate surface area is 103 Å². The molecule has 0 aliphatic carbocycles. The highest BCUT2D eigenvalue weighted by Gasteiger charge is 2.11. The van der Waals surface area contributed by atoms with E-state index < -0.39 is 0 Å². The van der Waals surface area contributed by atoms with Crippen molar-refractivity contribution in [3.05, 3.63) is 35.1 Å². The van der Waals surface area contributed by atoms with E-state index in [2.05, 4.69) is 15.1 Å². The van der Waals surface area contributed by atoms with Crippen molar-refractivity contribution in [2.24, 2.45) is 7.05 Å². The number of aryl methyl sites for hydroxylation is 2. The first-order valence-corrected chi connectivity index (χ1v) is 5.68. The summed E-state index contributed by atoms with van der Waals surface area (Å²) in [6.07, 6.45) is 1.95. The lowest BCUT2D eigenvalue weighted by atomic mass is 10.2. The number of aromatic nitrogens is 4. The number of rotatable bonds is 1. The molecule has 86 valence electrons. The maximum absolute atomic E-state index is 6.10. The highest BCUT2D eigenvalue weighted by molar-refractivity contribution is 6.34. The summed E-state index contributed by atoms with van der Waals surface area (Å²) in [4.78, 5) is 7.77. The van der Waals surface area contributed by atoms with Crippen molar-refractivity contribution < 1.29 is 0 Å². The number of hydrogen-bond donors (Lipinski definition) is 1. The number of benzene rings is 1. The Morgan fingerprint density at radius 2 is 2.18 bits per heavy atom. The van der Waals surface area contributed by atoms with E-state index in [0.29, 0.717) is 5.02 Å². The fourth-order valence-corrected chi connectivity index (χ4v) is 2.17. The number of nitrogens with zero attached hydrogens (tertiary/aromatic N) is 3. The summed E-state index contributed by atoms with van der Waals surface area (Å²) in [6, 6.07) is 5.71. The monoisotopic (exact) mass is 246 g/mol. The van der Waals surface area contributed by atoms with Gasteiger partial charge in [-0.15, -0.1) is 0 Å². The van der Waals surface area contributed by atoms with Crippen molar-refractivity contribution in [1.82, 2.24) is 19.7 Å². The average molecular weight is 247 g/mol. The van der Waals surface area contributed by atoms with Crippen LogP contribution in [0.25, 0.3) is 22.4 Å². The summed E-state index contributed by atoms with van der Waals surface area (Å²) in [5.41, 5.74) is 3.69. The third kappa shape index (κ3) is 1.61. The number of imidazole rings is 1. The molecule has 17 heavy (non-hydrogen) atoms. The SMILES string of the molecule is Cc1nn(C)cc1-c1nc2c(Cl)cccc2[nH]1. The highest BCUT2D eigenvalue weighted by Crippen LogP contribution is 2.26. The molecule has 0 unspecified atom stereocenters. The molecule has 0 atom stereocenters. The minimum atomic E-state index is 0.659. The van der Waals surface area contributed by atoms with Gasteiger partial charge in [0, 0.05) is 13.2 Å². The quantitative estimate of drug-likeness (QED) is 0.718. The first-order chi connectivity index (χ1) is 8.15. The first-order valence-electron chi connectivity index (χ1n) is 5.30. The normalized spacial score (nSPS) is 11.2. The fraction of sp³-hybridized carbons (Fsp3) is 0.167. The Kier molecular flexibility index (Phi) is 2.19. The number of H-pyrrole nitrogens is 1. The molecule has 0 fully saturated rings. The van der Waals surface area contributed by atoms with Gasteiger partial charge in [-0.05, 0) is 19.1 Å². The molecule has 1 aromatic carbocycles. The van der Waals surface area contributed by atoms with Crippen LogP contribution in [0.1, 0.15) is 5.69 Å². The second-order valence-electron chi connectivity index (χ2n) is 4.02. The van der Waals surface area contributed by atoms with Crippen molar-refractivity contribution in [3.63, 3.8) is 0 Å². The van der Waals surface area contributed by atoms with Gasteiger partial charge in [0.15, 0.2) is 0 Å². The van der Waals surface area contributed by atoms with E-state index in [1.54, 1.807) is 4.68 Å². The zero-order valence-electron chi connectivity index (χ0n) is 9.53. The lowest BCUT2D eigenvalue weighted by Gasteiger charge is -1.90. The van der Waals surface area contributed by atoms with Gasteiger partial charge in [-0.3, -0.25) is 4.68 Å². The maximum atomic E-state index is 6.10. The molecule has 0 aliphatic heterocycles. The van der Waals surface area contributed by atoms with Gasteiger partial charge in [0.25, 0.3) is 0 Å². The molecule has 0 saturated carbocycles. The van der Waals surface area contributed by atoms with Gasteiger partial charge in [0.05, 0.1) is 21.8 Å². The Hall–Kier alpha value is -1.81. The Bertz CT molecular complexity index is 696. The second kappa shape index (κ2) is 3.60. The Morgan fingerprint density at radius 1 is 1.35 bits per heavy atom. The predicted octanol–water partition coefficient (Wildman–Crippen LogP) is 2.93. The zero-order chi connectivity index (χ0) is 12.0. The van der Waals surface area contributed by atoms with E-state index in [0.717, 1.165) is 28.1 Å². The molecular formula is C12H11ClN4. The van der Waals surface area contributed by atoms with Crippen LogP contribution in [0.4, 0.5) is 0 Å². The summed E-state index contributed by atoms with van der Waals surface area (Å²) < 4.78 is 1.78. The van der Waals surface area contributed by atoms with Crippen LogP contribution in [0.2, 0.25) is 5.02 Å². The summed E-state index contributed by atoms with van der Waals surface area (Å²) in [7, 11) is 1.89. The number of aromatic amines is 1. The number of nitrogens with one attached hydrogen (secondary N) is 1. The molecule has 4 nitrogen and oxygen atoms in total. The van der Waals surface area contributed by atoms with E-state index >= 15 is 0 Å². The number of para-hydroxylation sites is 1. The third-order valence-electron chi connectivity index (χ3n) is 2.73. The van der Waals surface area contributed by atoms with Crippen LogP contribution in [0.3, 0.4) is 0 Å². The molecule has 0 saturated heterocycles. The molecule has 2 heterocycles. The van der Waals surface area contributed by atoms with Crippen molar-refractivity contribution in [3.8, 4) is 11.4 Å². The van der Waals surface area contributed by atoms with Crippen LogP contribution < -0.4 is 0 Å². The summed E-state index contributed by atoms with van der Waals surface area (Å²) in [5.74, 6) is 0.804. The summed E-state index contributed by atoms with van der Waals surface area (Å²) in [6.45, 7) is 1.96. The Morgan fingerprint density at radius 3 is 2.82 bits per heavy atom. The van der Waals surface area contributed by atoms with Gasteiger partial charge in [-0.1, -0.05) is 17.7 Å². The van der Waals surface area contributed by atoms with Gasteiger partial charge in [0.1, 0.15) is 11.3 Å². The van der Waals surface area contributed by atoms with E-state index in [4.69, 9.17) is 11.6 Å². The van der Waals surface area contributed by atoms with Crippen LogP contribution in [0, 0.1) is 6.92 Å². The van der Waals surface area contributed by atoms with Crippen LogP contribution in [0.5, 0.6) is 0 Å². The fourth-order valence-electron chi connectivity index (χ4n) is 1.96. The number of fused-ring (bicyclic) bond motifs is 1. The standard InChI is InChI=1S/C12H11ClN4/c1-7-8(6-17(2)16-7)12-14-10-5-3-4-9(13)11(10)15-12/h3-6H,1-2H3,(H,14,15). The van der Waals surface area contributed by atoms with E-state index in [9.17, 15) is 0 Å². The maximum Gasteiger partial charge on any atom is 0.142 e. The molecule has 5 heteroatoms. The lowest BCUT2D eigenvalue weighted by molar-refractivity contribution is 0.756. The molecule has 0 amide bonds. The van der Waals surface area contributed by atoms with Gasteiger partial charge in [-0.25, -0.2) is 4.98 Å². The van der Waals surface area contributed by atoms with Crippen LogP contribution in [-0.2, 0) is 7.05 Å². The van der Waals surface area contributed by atoms with E-state index in [1.807, 2.05) is 38.4 Å². The second-order valence-corrected chi connectivity index (χ2v) is 4.43. The largest absolute Gasteiger partial charge is 0.338 e. The zero-order valence-corrected chi connectivity index (χ0v) is 10.3. The van der Waals surface area contributed by atoms with Gasteiger partial charge >= 0.3 is 0 Å². The van der Waals surface area contributed by atoms with Crippen LogP contribution in [0.15, 0.2) is 24.4 Å². The smallest absolute Gasteiger partial charge is 0.142 e. The van der Waals surface area contributed by atoms with E-state index in [-0.39, 0.29) is 0 Å². The number of halogens is 1. The topological polar surface area (TPSA) is 46.5 Å². The molecule has 0 radical (unpaired) electrons. The minimum absolute atomic E-state index is 0.659. The molecule has 3 rings (SSSR count). The van der Waals surface area contributed by atoms with Crippen molar-refractivity contribution in [1.29, 1.82) is 0 Å². The first kappa shape index (κ1) is 10.4. The molecule has 3 aromatic rings. The van der Waals surface area contributed by atoms with E-state index in [1.165, 1.54) is 0 Å². The third-order valence-corrected chi connectivity index (χ3v) is 3.04. The molecule has 0 bridgehead atoms. The van der Waals surface area contributed by atoms with Crippen molar-refractivity contribution >= 4 is 22.6 Å². The van der Waals surface area contributed by atoms with Crippen molar-refractivity contribution in [2.75, 3.05) is 0 Å². The summed E-state index contributed by atoms with van der Waals surface area (Å²) in [5, 5.41) is 4.96. The molecule has 0 aliphatic rings. The van der Waals surface area contributed by atoms with Crippen molar-refractivity contribution in [2.45, 2.75) is 6.92 Å². The molecule has 1 N–H and O–H groups in total. The predicted molar refractivity (Wildman–Crippen MR) is 68.0 cm³/mol. The Balaban J connectivity index is 2.25. The minimum Gasteiger partial charge on any atom is -0.338 e. The number of hydrogen-bond acceptors (Lipinski definition) is 2.